The van der Waals surface area contributed by atoms with Crippen molar-refractivity contribution in [3.05, 3.63) is 135 Å². The molecule has 10 heteroatoms. The van der Waals surface area contributed by atoms with E-state index in [4.69, 9.17) is 31.2 Å². The molecule has 1 atom stereocenters. The number of nitrogens with one attached hydrogen (secondary N) is 2. The monoisotopic (exact) mass is 707 g/mol. The second-order valence-corrected chi connectivity index (χ2v) is 14.7. The van der Waals surface area contributed by atoms with Gasteiger partial charge in [0.25, 0.3) is 5.91 Å². The number of halogens is 1. The van der Waals surface area contributed by atoms with Gasteiger partial charge in [-0.1, -0.05) is 105 Å². The molecule has 5 aromatic rings. The lowest BCUT2D eigenvalue weighted by Crippen LogP contribution is -2.31. The number of thioether (sulfide) groups is 1. The number of fused-ring (bicyclic) bond motifs is 1. The number of anilines is 2. The second kappa shape index (κ2) is 15.0. The van der Waals surface area contributed by atoms with Gasteiger partial charge in [0.05, 0.1) is 12.2 Å². The van der Waals surface area contributed by atoms with E-state index in [2.05, 4.69) is 55.7 Å². The van der Waals surface area contributed by atoms with Gasteiger partial charge in [-0.15, -0.1) is 5.10 Å². The van der Waals surface area contributed by atoms with Crippen LogP contribution in [0.15, 0.2) is 107 Å². The first-order chi connectivity index (χ1) is 24.0. The summed E-state index contributed by atoms with van der Waals surface area (Å²) in [5, 5.41) is 12.6. The maximum Gasteiger partial charge on any atom is 0.255 e. The summed E-state index contributed by atoms with van der Waals surface area (Å²) in [6, 6.07) is 29.2. The van der Waals surface area contributed by atoms with Crippen molar-refractivity contribution in [1.82, 2.24) is 14.8 Å². The number of amides is 1. The molecule has 0 bridgehead atoms. The van der Waals surface area contributed by atoms with Crippen molar-refractivity contribution in [2.24, 2.45) is 0 Å². The average molecular weight is 708 g/mol. The second-order valence-electron chi connectivity index (χ2n) is 13.3. The Labute approximate surface area is 303 Å². The van der Waals surface area contributed by atoms with Crippen LogP contribution in [0.3, 0.4) is 0 Å². The number of aryl methyl sites for hydroxylation is 1. The number of rotatable bonds is 11. The molecule has 2 N–H and O–H groups in total. The Hall–Kier alpha value is -4.73. The fourth-order valence-corrected chi connectivity index (χ4v) is 6.93. The first kappa shape index (κ1) is 35.1. The fourth-order valence-electron chi connectivity index (χ4n) is 5.82. The Morgan fingerprint density at radius 1 is 0.960 bits per heavy atom. The third-order valence-electron chi connectivity index (χ3n) is 8.47. The largest absolute Gasteiger partial charge is 0.490 e. The van der Waals surface area contributed by atoms with Gasteiger partial charge >= 0.3 is 0 Å². The first-order valence-corrected chi connectivity index (χ1v) is 18.0. The van der Waals surface area contributed by atoms with Crippen LogP contribution in [-0.4, -0.2) is 27.3 Å². The lowest BCUT2D eigenvalue weighted by molar-refractivity contribution is -0.113. The SMILES string of the molecule is CCOc1cc(C2C(C(=O)Nc3cccc(C)c3)=C(C)Nc3nc(SCc4ccccc4Cl)nn32)ccc1OCc1ccc(C(C)(C)C)cc1. The molecule has 258 valence electrons. The summed E-state index contributed by atoms with van der Waals surface area (Å²) >= 11 is 7.91. The van der Waals surface area contributed by atoms with E-state index in [9.17, 15) is 4.79 Å². The minimum atomic E-state index is -0.601. The van der Waals surface area contributed by atoms with Crippen LogP contribution in [0.4, 0.5) is 11.6 Å². The highest BCUT2D eigenvalue weighted by molar-refractivity contribution is 7.98. The Kier molecular flexibility index (Phi) is 10.6. The number of hydrogen-bond acceptors (Lipinski definition) is 7. The summed E-state index contributed by atoms with van der Waals surface area (Å²) in [6.45, 7) is 13.3. The highest BCUT2D eigenvalue weighted by Crippen LogP contribution is 2.40. The third-order valence-corrected chi connectivity index (χ3v) is 9.72. The molecular weight excluding hydrogens is 666 g/mol. The summed E-state index contributed by atoms with van der Waals surface area (Å²) < 4.78 is 14.2. The number of carbonyl (C=O) groups excluding carboxylic acids is 1. The molecule has 2 heterocycles. The number of carbonyl (C=O) groups is 1. The predicted molar refractivity (Wildman–Crippen MR) is 202 cm³/mol. The Bertz CT molecular complexity index is 2030. The Balaban J connectivity index is 1.33. The quantitative estimate of drug-likeness (QED) is 0.132. The van der Waals surface area contributed by atoms with Crippen LogP contribution in [-0.2, 0) is 22.6 Å². The molecule has 4 aromatic carbocycles. The molecule has 1 unspecified atom stereocenters. The number of aromatic nitrogens is 3. The van der Waals surface area contributed by atoms with E-state index in [0.717, 1.165) is 22.3 Å². The highest BCUT2D eigenvalue weighted by Gasteiger charge is 2.35. The number of nitrogens with zero attached hydrogens (tertiary/aromatic N) is 3. The van der Waals surface area contributed by atoms with Crippen molar-refractivity contribution in [2.75, 3.05) is 17.2 Å². The predicted octanol–water partition coefficient (Wildman–Crippen LogP) is 9.74. The van der Waals surface area contributed by atoms with Gasteiger partial charge in [0.2, 0.25) is 11.1 Å². The van der Waals surface area contributed by atoms with Crippen molar-refractivity contribution in [3.63, 3.8) is 0 Å². The van der Waals surface area contributed by atoms with Crippen LogP contribution >= 0.6 is 23.4 Å². The summed E-state index contributed by atoms with van der Waals surface area (Å²) in [7, 11) is 0. The van der Waals surface area contributed by atoms with Crippen LogP contribution in [0.25, 0.3) is 0 Å². The molecule has 8 nitrogen and oxygen atoms in total. The van der Waals surface area contributed by atoms with Gasteiger partial charge in [-0.25, -0.2) is 4.68 Å². The van der Waals surface area contributed by atoms with Crippen LogP contribution in [0.2, 0.25) is 5.02 Å². The molecule has 1 aliphatic rings. The normalized spacial score (nSPS) is 14.2. The number of ether oxygens (including phenoxy) is 2. The van der Waals surface area contributed by atoms with E-state index in [1.165, 1.54) is 17.3 Å². The lowest BCUT2D eigenvalue weighted by Gasteiger charge is -2.29. The van der Waals surface area contributed by atoms with Crippen LogP contribution in [0.5, 0.6) is 11.5 Å². The molecule has 1 amide bonds. The molecule has 0 radical (unpaired) electrons. The van der Waals surface area contributed by atoms with E-state index < -0.39 is 6.04 Å². The summed E-state index contributed by atoms with van der Waals surface area (Å²) in [5.41, 5.74) is 7.16. The smallest absolute Gasteiger partial charge is 0.255 e. The molecule has 0 fully saturated rings. The summed E-state index contributed by atoms with van der Waals surface area (Å²) in [5.74, 6) is 2.10. The standard InChI is InChI=1S/C40H42ClN5O3S/c1-7-48-34-22-28(17-20-33(34)49-23-27-15-18-30(19-16-27)40(4,5)6)36-35(37(47)43-31-13-10-11-25(2)21-31)26(3)42-38-44-39(45-46(36)38)50-24-29-12-8-9-14-32(29)41/h8-22,36H,7,23-24H2,1-6H3,(H,43,47)(H,42,44,45). The minimum Gasteiger partial charge on any atom is -0.490 e. The maximum absolute atomic E-state index is 14.1. The number of benzene rings is 4. The van der Waals surface area contributed by atoms with Gasteiger partial charge in [0.15, 0.2) is 11.5 Å². The van der Waals surface area contributed by atoms with Crippen LogP contribution in [0.1, 0.15) is 68.5 Å². The Morgan fingerprint density at radius 3 is 2.46 bits per heavy atom. The molecule has 50 heavy (non-hydrogen) atoms. The van der Waals surface area contributed by atoms with Gasteiger partial charge in [-0.05, 0) is 84.3 Å². The molecule has 6 rings (SSSR count). The lowest BCUT2D eigenvalue weighted by atomic mass is 9.87. The molecule has 0 spiro atoms. The zero-order valence-corrected chi connectivity index (χ0v) is 30.8. The van der Waals surface area contributed by atoms with Crippen molar-refractivity contribution in [1.29, 1.82) is 0 Å². The fraction of sp³-hybridized carbons (Fsp3) is 0.275. The van der Waals surface area contributed by atoms with E-state index in [1.807, 2.05) is 87.5 Å². The van der Waals surface area contributed by atoms with Crippen molar-refractivity contribution < 1.29 is 14.3 Å². The molecular formula is C40H42ClN5O3S. The zero-order chi connectivity index (χ0) is 35.4. The number of hydrogen-bond donors (Lipinski definition) is 2. The summed E-state index contributed by atoms with van der Waals surface area (Å²) in [4.78, 5) is 18.9. The van der Waals surface area contributed by atoms with Crippen molar-refractivity contribution >= 4 is 40.9 Å². The maximum atomic E-state index is 14.1. The van der Waals surface area contributed by atoms with E-state index in [-0.39, 0.29) is 11.3 Å². The minimum absolute atomic E-state index is 0.0770. The zero-order valence-electron chi connectivity index (χ0n) is 29.2. The van der Waals surface area contributed by atoms with Gasteiger partial charge in [-0.2, -0.15) is 4.98 Å². The van der Waals surface area contributed by atoms with Crippen LogP contribution in [0, 0.1) is 6.92 Å². The van der Waals surface area contributed by atoms with Gasteiger partial charge < -0.3 is 20.1 Å². The van der Waals surface area contributed by atoms with Crippen molar-refractivity contribution in [2.45, 2.75) is 70.5 Å². The molecule has 1 aromatic heterocycles. The third kappa shape index (κ3) is 8.01. The molecule has 0 saturated carbocycles. The van der Waals surface area contributed by atoms with E-state index >= 15 is 0 Å². The average Bonchev–Trinajstić information content (AvgIpc) is 3.49. The topological polar surface area (TPSA) is 90.3 Å². The molecule has 0 aliphatic carbocycles. The molecule has 1 aliphatic heterocycles. The van der Waals surface area contributed by atoms with Gasteiger partial charge in [0, 0.05) is 22.2 Å². The molecule has 0 saturated heterocycles. The van der Waals surface area contributed by atoms with Crippen molar-refractivity contribution in [3.8, 4) is 11.5 Å². The first-order valence-electron chi connectivity index (χ1n) is 16.7. The Morgan fingerprint density at radius 2 is 1.74 bits per heavy atom. The van der Waals surface area contributed by atoms with E-state index in [1.54, 1.807) is 4.68 Å². The summed E-state index contributed by atoms with van der Waals surface area (Å²) in [6.07, 6.45) is 0. The van der Waals surface area contributed by atoms with E-state index in [0.29, 0.717) is 63.6 Å². The van der Waals surface area contributed by atoms with Gasteiger partial charge in [0.1, 0.15) is 12.6 Å². The van der Waals surface area contributed by atoms with Crippen LogP contribution < -0.4 is 20.1 Å². The van der Waals surface area contributed by atoms with Gasteiger partial charge in [-0.3, -0.25) is 4.79 Å². The number of allylic oxidation sites excluding steroid dienone is 1. The highest BCUT2D eigenvalue weighted by atomic mass is 35.5.